The third-order valence-electron chi connectivity index (χ3n) is 9.30. The maximum absolute atomic E-state index is 14.1. The molecule has 2 saturated heterocycles. The van der Waals surface area contributed by atoms with Crippen molar-refractivity contribution in [1.82, 2.24) is 19.1 Å². The maximum atomic E-state index is 14.1. The van der Waals surface area contributed by atoms with Gasteiger partial charge in [-0.1, -0.05) is 59.6 Å². The van der Waals surface area contributed by atoms with Gasteiger partial charge in [-0.2, -0.15) is 4.31 Å². The molecule has 2 aliphatic heterocycles. The fraction of sp³-hybridized carbons (Fsp3) is 0.333. The second-order valence-corrected chi connectivity index (χ2v) is 15.3. The highest BCUT2D eigenvalue weighted by atomic mass is 35.5. The molecule has 262 valence electrons. The average molecular weight is 738 g/mol. The van der Waals surface area contributed by atoms with Crippen LogP contribution in [-0.2, 0) is 32.6 Å². The Bertz CT molecular complexity index is 2090. The van der Waals surface area contributed by atoms with E-state index in [0.717, 1.165) is 22.2 Å². The number of nitrogens with one attached hydrogen (secondary N) is 1. The molecule has 2 aliphatic rings. The Hall–Kier alpha value is -4.23. The van der Waals surface area contributed by atoms with Gasteiger partial charge in [0, 0.05) is 60.0 Å². The molecule has 0 spiro atoms. The number of nitrogens with two attached hydrogens (primary N) is 1. The van der Waals surface area contributed by atoms with Crippen LogP contribution in [0.5, 0.6) is 5.75 Å². The normalized spacial score (nSPS) is 16.9. The van der Waals surface area contributed by atoms with Crippen LogP contribution in [-0.4, -0.2) is 83.9 Å². The Balaban J connectivity index is 1.13. The Kier molecular flexibility index (Phi) is 10.4. The Morgan fingerprint density at radius 1 is 0.980 bits per heavy atom. The van der Waals surface area contributed by atoms with Gasteiger partial charge in [0.2, 0.25) is 21.8 Å². The third-order valence-corrected chi connectivity index (χ3v) is 12.1. The summed E-state index contributed by atoms with van der Waals surface area (Å²) >= 11 is 13.3. The van der Waals surface area contributed by atoms with Gasteiger partial charge in [0.1, 0.15) is 34.6 Å². The number of fused-ring (bicyclic) bond motifs is 1. The van der Waals surface area contributed by atoms with Crippen LogP contribution < -0.4 is 10.5 Å². The van der Waals surface area contributed by atoms with Crippen molar-refractivity contribution >= 4 is 61.8 Å². The van der Waals surface area contributed by atoms with Gasteiger partial charge in [-0.25, -0.2) is 13.4 Å². The van der Waals surface area contributed by atoms with Crippen LogP contribution in [0.2, 0.25) is 10.0 Å². The lowest BCUT2D eigenvalue weighted by atomic mass is 10.1. The van der Waals surface area contributed by atoms with E-state index < -0.39 is 16.1 Å². The van der Waals surface area contributed by atoms with Crippen LogP contribution in [0.15, 0.2) is 65.6 Å². The van der Waals surface area contributed by atoms with E-state index in [1.165, 1.54) is 16.4 Å². The fourth-order valence-corrected chi connectivity index (χ4v) is 9.12. The van der Waals surface area contributed by atoms with Crippen LogP contribution in [0.1, 0.15) is 40.8 Å². The number of amidine groups is 1. The van der Waals surface area contributed by atoms with Crippen molar-refractivity contribution in [2.24, 2.45) is 5.73 Å². The highest BCUT2D eigenvalue weighted by Crippen LogP contribution is 2.37. The SMILES string of the molecule is Cc1cc(C)c2cccc(OCc3c(Cl)ccc(S(=O)(=O)N4CCC[C@H]4C(=O)N4CCN(C(=O)Cc5ccc(C(=N)N)cc5)CC4)c3Cl)c2n1. The first-order valence-electron chi connectivity index (χ1n) is 16.3. The van der Waals surface area contributed by atoms with Crippen molar-refractivity contribution < 1.29 is 22.7 Å². The summed E-state index contributed by atoms with van der Waals surface area (Å²) in [6.07, 6.45) is 1.08. The zero-order valence-electron chi connectivity index (χ0n) is 27.8. The first-order valence-corrected chi connectivity index (χ1v) is 18.5. The molecule has 0 saturated carbocycles. The standard InChI is InChI=1S/C36H38Cl2N6O5S/c1-22-19-23(2)41-34-26(22)5-3-7-30(34)49-21-27-28(37)12-13-31(33(27)38)50(47,48)44-14-4-6-29(44)36(46)43-17-15-42(16-18-43)32(45)20-24-8-10-25(11-9-24)35(39)40/h3,5,7-13,19,29H,4,6,14-18,20-21H2,1-2H3,(H3,39,40)/t29-/m0/s1. The number of hydrogen-bond acceptors (Lipinski definition) is 7. The summed E-state index contributed by atoms with van der Waals surface area (Å²) in [5.74, 6) is 0.117. The lowest BCUT2D eigenvalue weighted by Crippen LogP contribution is -2.55. The molecular weight excluding hydrogens is 699 g/mol. The van der Waals surface area contributed by atoms with Crippen molar-refractivity contribution in [3.8, 4) is 5.75 Å². The fourth-order valence-electron chi connectivity index (χ4n) is 6.61. The molecule has 0 aliphatic carbocycles. The molecule has 0 unspecified atom stereocenters. The minimum absolute atomic E-state index is 0.0382. The Labute approximate surface area is 301 Å². The van der Waals surface area contributed by atoms with E-state index in [4.69, 9.17) is 39.1 Å². The van der Waals surface area contributed by atoms with E-state index in [9.17, 15) is 18.0 Å². The maximum Gasteiger partial charge on any atom is 0.245 e. The summed E-state index contributed by atoms with van der Waals surface area (Å²) < 4.78 is 35.6. The predicted molar refractivity (Wildman–Crippen MR) is 193 cm³/mol. The van der Waals surface area contributed by atoms with Gasteiger partial charge in [0.25, 0.3) is 0 Å². The summed E-state index contributed by atoms with van der Waals surface area (Å²) in [4.78, 5) is 34.6. The van der Waals surface area contributed by atoms with Crippen molar-refractivity contribution in [1.29, 1.82) is 5.41 Å². The van der Waals surface area contributed by atoms with Crippen LogP contribution in [0, 0.1) is 19.3 Å². The Morgan fingerprint density at radius 3 is 2.38 bits per heavy atom. The van der Waals surface area contributed by atoms with Gasteiger partial charge in [-0.15, -0.1) is 0 Å². The number of ether oxygens (including phenoxy) is 1. The number of carbonyl (C=O) groups is 2. The number of nitrogen functional groups attached to an aromatic ring is 1. The molecule has 14 heteroatoms. The molecule has 11 nitrogen and oxygen atoms in total. The van der Waals surface area contributed by atoms with E-state index in [2.05, 4.69) is 4.98 Å². The molecule has 1 atom stereocenters. The predicted octanol–water partition coefficient (Wildman–Crippen LogP) is 5.09. The summed E-state index contributed by atoms with van der Waals surface area (Å²) in [6, 6.07) is 16.5. The van der Waals surface area contributed by atoms with E-state index in [1.807, 2.05) is 32.0 Å². The largest absolute Gasteiger partial charge is 0.487 e. The van der Waals surface area contributed by atoms with Gasteiger partial charge in [-0.3, -0.25) is 15.0 Å². The van der Waals surface area contributed by atoms with Gasteiger partial charge >= 0.3 is 0 Å². The number of aryl methyl sites for hydroxylation is 2. The number of aromatic nitrogens is 1. The van der Waals surface area contributed by atoms with Crippen molar-refractivity contribution in [3.63, 3.8) is 0 Å². The van der Waals surface area contributed by atoms with Gasteiger partial charge in [-0.05, 0) is 62.1 Å². The van der Waals surface area contributed by atoms with Gasteiger partial charge < -0.3 is 20.3 Å². The number of para-hydroxylation sites is 1. The lowest BCUT2D eigenvalue weighted by Gasteiger charge is -2.37. The summed E-state index contributed by atoms with van der Waals surface area (Å²) in [5, 5.41) is 8.67. The molecule has 0 bridgehead atoms. The second-order valence-electron chi connectivity index (χ2n) is 12.6. The molecule has 1 aromatic heterocycles. The van der Waals surface area contributed by atoms with E-state index >= 15 is 0 Å². The summed E-state index contributed by atoms with van der Waals surface area (Å²) in [6.45, 7) is 5.26. The van der Waals surface area contributed by atoms with Crippen LogP contribution in [0.4, 0.5) is 0 Å². The van der Waals surface area contributed by atoms with Crippen molar-refractivity contribution in [3.05, 3.63) is 98.7 Å². The molecule has 0 radical (unpaired) electrons. The average Bonchev–Trinajstić information content (AvgIpc) is 3.59. The van der Waals surface area contributed by atoms with E-state index in [0.29, 0.717) is 61.4 Å². The number of sulfonamides is 1. The number of piperazine rings is 1. The number of pyridine rings is 1. The van der Waals surface area contributed by atoms with Crippen LogP contribution >= 0.6 is 23.2 Å². The summed E-state index contributed by atoms with van der Waals surface area (Å²) in [7, 11) is -4.20. The molecule has 3 aromatic carbocycles. The van der Waals surface area contributed by atoms with Gasteiger partial charge in [0.15, 0.2) is 0 Å². The number of hydrogen-bond donors (Lipinski definition) is 2. The minimum atomic E-state index is -4.20. The third kappa shape index (κ3) is 7.16. The second kappa shape index (κ2) is 14.6. The molecule has 3 heterocycles. The molecule has 50 heavy (non-hydrogen) atoms. The van der Waals surface area contributed by atoms with Crippen LogP contribution in [0.3, 0.4) is 0 Å². The molecule has 4 aromatic rings. The number of nitrogens with zero attached hydrogens (tertiary/aromatic N) is 4. The first-order chi connectivity index (χ1) is 23.8. The number of amides is 2. The highest BCUT2D eigenvalue weighted by molar-refractivity contribution is 7.89. The van der Waals surface area contributed by atoms with Crippen molar-refractivity contribution in [2.45, 2.75) is 50.7 Å². The number of rotatable bonds is 9. The number of halogens is 2. The Morgan fingerprint density at radius 2 is 1.68 bits per heavy atom. The number of benzene rings is 3. The van der Waals surface area contributed by atoms with Crippen LogP contribution in [0.25, 0.3) is 10.9 Å². The minimum Gasteiger partial charge on any atom is -0.487 e. The van der Waals surface area contributed by atoms with Crippen molar-refractivity contribution in [2.75, 3.05) is 32.7 Å². The highest BCUT2D eigenvalue weighted by Gasteiger charge is 2.43. The van der Waals surface area contributed by atoms with E-state index in [1.54, 1.807) is 40.1 Å². The molecule has 6 rings (SSSR count). The topological polar surface area (TPSA) is 150 Å². The number of carbonyl (C=O) groups excluding carboxylic acids is 2. The lowest BCUT2D eigenvalue weighted by molar-refractivity contribution is -0.141. The smallest absolute Gasteiger partial charge is 0.245 e. The molecular formula is C36H38Cl2N6O5S. The zero-order chi connectivity index (χ0) is 35.7. The van der Waals surface area contributed by atoms with E-state index in [-0.39, 0.29) is 52.2 Å². The van der Waals surface area contributed by atoms with Gasteiger partial charge in [0.05, 0.1) is 11.4 Å². The summed E-state index contributed by atoms with van der Waals surface area (Å²) in [5.41, 5.74) is 9.80. The molecule has 2 fully saturated rings. The molecule has 3 N–H and O–H groups in total. The first kappa shape index (κ1) is 35.6. The zero-order valence-corrected chi connectivity index (χ0v) is 30.1. The monoisotopic (exact) mass is 736 g/mol. The molecule has 2 amide bonds. The quantitative estimate of drug-likeness (QED) is 0.180.